The van der Waals surface area contributed by atoms with Gasteiger partial charge in [-0.1, -0.05) is 12.1 Å². The SMILES string of the molecule is Nc1ccccc1OCCNc1cc(C(F)(F)F)ccn1. The molecule has 1 aromatic heterocycles. The van der Waals surface area contributed by atoms with Gasteiger partial charge in [0, 0.05) is 6.20 Å². The van der Waals surface area contributed by atoms with Crippen molar-refractivity contribution in [3.05, 3.63) is 48.2 Å². The summed E-state index contributed by atoms with van der Waals surface area (Å²) in [5, 5.41) is 2.77. The van der Waals surface area contributed by atoms with Gasteiger partial charge < -0.3 is 15.8 Å². The number of para-hydroxylation sites is 2. The quantitative estimate of drug-likeness (QED) is 0.657. The second-order valence-electron chi connectivity index (χ2n) is 4.24. The van der Waals surface area contributed by atoms with Crippen LogP contribution in [0.25, 0.3) is 0 Å². The average molecular weight is 297 g/mol. The highest BCUT2D eigenvalue weighted by Gasteiger charge is 2.30. The fraction of sp³-hybridized carbons (Fsp3) is 0.214. The van der Waals surface area contributed by atoms with Crippen molar-refractivity contribution in [1.82, 2.24) is 4.98 Å². The smallest absolute Gasteiger partial charge is 0.416 e. The number of anilines is 2. The van der Waals surface area contributed by atoms with Gasteiger partial charge in [-0.15, -0.1) is 0 Å². The number of rotatable bonds is 5. The van der Waals surface area contributed by atoms with Gasteiger partial charge in [0.05, 0.1) is 17.8 Å². The number of halogens is 3. The number of nitrogen functional groups attached to an aromatic ring is 1. The molecule has 2 aromatic rings. The van der Waals surface area contributed by atoms with Gasteiger partial charge in [0.1, 0.15) is 18.2 Å². The van der Waals surface area contributed by atoms with Crippen LogP contribution in [-0.4, -0.2) is 18.1 Å². The van der Waals surface area contributed by atoms with Gasteiger partial charge >= 0.3 is 6.18 Å². The Morgan fingerprint density at radius 2 is 1.95 bits per heavy atom. The van der Waals surface area contributed by atoms with E-state index >= 15 is 0 Å². The minimum Gasteiger partial charge on any atom is -0.490 e. The number of ether oxygens (including phenoxy) is 1. The molecule has 0 radical (unpaired) electrons. The summed E-state index contributed by atoms with van der Waals surface area (Å²) in [5.41, 5.74) is 5.47. The van der Waals surface area contributed by atoms with Gasteiger partial charge in [-0.3, -0.25) is 0 Å². The van der Waals surface area contributed by atoms with Gasteiger partial charge in [0.2, 0.25) is 0 Å². The lowest BCUT2D eigenvalue weighted by Crippen LogP contribution is -2.14. The number of nitrogens with zero attached hydrogens (tertiary/aromatic N) is 1. The molecule has 0 saturated heterocycles. The van der Waals surface area contributed by atoms with E-state index in [1.54, 1.807) is 24.3 Å². The maximum atomic E-state index is 12.5. The molecular weight excluding hydrogens is 283 g/mol. The number of aromatic nitrogens is 1. The van der Waals surface area contributed by atoms with E-state index in [9.17, 15) is 13.2 Å². The summed E-state index contributed by atoms with van der Waals surface area (Å²) in [4.78, 5) is 3.82. The first kappa shape index (κ1) is 15.0. The van der Waals surface area contributed by atoms with E-state index < -0.39 is 11.7 Å². The van der Waals surface area contributed by atoms with Gasteiger partial charge in [-0.2, -0.15) is 13.2 Å². The van der Waals surface area contributed by atoms with Crippen LogP contribution in [0.4, 0.5) is 24.7 Å². The van der Waals surface area contributed by atoms with Crippen LogP contribution in [0.5, 0.6) is 5.75 Å². The van der Waals surface area contributed by atoms with Crippen molar-refractivity contribution in [3.63, 3.8) is 0 Å². The Hall–Kier alpha value is -2.44. The summed E-state index contributed by atoms with van der Waals surface area (Å²) in [6.45, 7) is 0.564. The largest absolute Gasteiger partial charge is 0.490 e. The van der Waals surface area contributed by atoms with Crippen molar-refractivity contribution in [2.24, 2.45) is 0 Å². The van der Waals surface area contributed by atoms with Crippen LogP contribution in [0.3, 0.4) is 0 Å². The zero-order chi connectivity index (χ0) is 15.3. The first-order chi connectivity index (χ1) is 9.97. The molecule has 112 valence electrons. The molecule has 0 aliphatic heterocycles. The molecule has 0 amide bonds. The Morgan fingerprint density at radius 1 is 1.19 bits per heavy atom. The normalized spacial score (nSPS) is 11.2. The fourth-order valence-electron chi connectivity index (χ4n) is 1.66. The van der Waals surface area contributed by atoms with Crippen LogP contribution in [0.15, 0.2) is 42.6 Å². The molecule has 0 aliphatic carbocycles. The second kappa shape index (κ2) is 6.34. The topological polar surface area (TPSA) is 60.2 Å². The van der Waals surface area contributed by atoms with Crippen molar-refractivity contribution in [2.75, 3.05) is 24.2 Å². The minimum absolute atomic E-state index is 0.148. The van der Waals surface area contributed by atoms with E-state index in [4.69, 9.17) is 10.5 Å². The molecule has 4 nitrogen and oxygen atoms in total. The van der Waals surface area contributed by atoms with Crippen molar-refractivity contribution in [2.45, 2.75) is 6.18 Å². The molecule has 0 spiro atoms. The van der Waals surface area contributed by atoms with Crippen LogP contribution >= 0.6 is 0 Å². The predicted molar refractivity (Wildman–Crippen MR) is 74.1 cm³/mol. The highest BCUT2D eigenvalue weighted by molar-refractivity contribution is 5.51. The highest BCUT2D eigenvalue weighted by atomic mass is 19.4. The van der Waals surface area contributed by atoms with E-state index in [-0.39, 0.29) is 12.4 Å². The number of benzene rings is 1. The first-order valence-electron chi connectivity index (χ1n) is 6.21. The summed E-state index contributed by atoms with van der Waals surface area (Å²) in [5.74, 6) is 0.686. The number of hydrogen-bond donors (Lipinski definition) is 2. The molecule has 0 bridgehead atoms. The van der Waals surface area contributed by atoms with E-state index in [0.717, 1.165) is 18.3 Å². The molecule has 0 atom stereocenters. The van der Waals surface area contributed by atoms with Gasteiger partial charge in [-0.05, 0) is 24.3 Å². The lowest BCUT2D eigenvalue weighted by Gasteiger charge is -2.11. The Morgan fingerprint density at radius 3 is 2.67 bits per heavy atom. The van der Waals surface area contributed by atoms with Crippen LogP contribution < -0.4 is 15.8 Å². The third-order valence-electron chi connectivity index (χ3n) is 2.67. The van der Waals surface area contributed by atoms with Crippen molar-refractivity contribution in [1.29, 1.82) is 0 Å². The van der Waals surface area contributed by atoms with Crippen molar-refractivity contribution < 1.29 is 17.9 Å². The van der Waals surface area contributed by atoms with Gasteiger partial charge in [0.15, 0.2) is 0 Å². The highest BCUT2D eigenvalue weighted by Crippen LogP contribution is 2.29. The Kier molecular flexibility index (Phi) is 4.52. The lowest BCUT2D eigenvalue weighted by molar-refractivity contribution is -0.137. The summed E-state index contributed by atoms with van der Waals surface area (Å²) in [6.07, 6.45) is -3.27. The average Bonchev–Trinajstić information content (AvgIpc) is 2.45. The molecule has 1 heterocycles. The lowest BCUT2D eigenvalue weighted by atomic mass is 10.2. The fourth-order valence-corrected chi connectivity index (χ4v) is 1.66. The number of nitrogens with one attached hydrogen (secondary N) is 1. The van der Waals surface area contributed by atoms with Crippen LogP contribution in [0.1, 0.15) is 5.56 Å². The van der Waals surface area contributed by atoms with Crippen molar-refractivity contribution in [3.8, 4) is 5.75 Å². The minimum atomic E-state index is -4.38. The van der Waals surface area contributed by atoms with Crippen molar-refractivity contribution >= 4 is 11.5 Å². The maximum absolute atomic E-state index is 12.5. The molecule has 21 heavy (non-hydrogen) atoms. The number of nitrogens with two attached hydrogens (primary N) is 1. The second-order valence-corrected chi connectivity index (χ2v) is 4.24. The monoisotopic (exact) mass is 297 g/mol. The molecule has 0 saturated carbocycles. The maximum Gasteiger partial charge on any atom is 0.416 e. The van der Waals surface area contributed by atoms with Crippen LogP contribution in [-0.2, 0) is 6.18 Å². The van der Waals surface area contributed by atoms with Crippen LogP contribution in [0.2, 0.25) is 0 Å². The van der Waals surface area contributed by atoms with Gasteiger partial charge in [-0.25, -0.2) is 4.98 Å². The van der Waals surface area contributed by atoms with E-state index in [1.807, 2.05) is 0 Å². The summed E-state index contributed by atoms with van der Waals surface area (Å²) in [6, 6.07) is 8.87. The first-order valence-corrected chi connectivity index (χ1v) is 6.21. The summed E-state index contributed by atoms with van der Waals surface area (Å²) in [7, 11) is 0. The Balaban J connectivity index is 1.85. The molecule has 0 fully saturated rings. The molecular formula is C14H14F3N3O. The molecule has 7 heteroatoms. The molecule has 2 rings (SSSR count). The summed E-state index contributed by atoms with van der Waals surface area (Å²) >= 11 is 0. The standard InChI is InChI=1S/C14H14F3N3O/c15-14(16,17)10-5-6-19-13(9-10)20-7-8-21-12-4-2-1-3-11(12)18/h1-6,9H,7-8,18H2,(H,19,20). The van der Waals surface area contributed by atoms with E-state index in [1.165, 1.54) is 0 Å². The Bertz CT molecular complexity index is 602. The molecule has 3 N–H and O–H groups in total. The third kappa shape index (κ3) is 4.27. The van der Waals surface area contributed by atoms with Crippen LogP contribution in [0, 0.1) is 0 Å². The molecule has 0 unspecified atom stereocenters. The predicted octanol–water partition coefficient (Wildman–Crippen LogP) is 3.17. The van der Waals surface area contributed by atoms with Gasteiger partial charge in [0.25, 0.3) is 0 Å². The number of pyridine rings is 1. The van der Waals surface area contributed by atoms with E-state index in [2.05, 4.69) is 10.3 Å². The Labute approximate surface area is 119 Å². The van der Waals surface area contributed by atoms with E-state index in [0.29, 0.717) is 18.0 Å². The number of hydrogen-bond acceptors (Lipinski definition) is 4. The number of alkyl halides is 3. The molecule has 0 aliphatic rings. The zero-order valence-corrected chi connectivity index (χ0v) is 11.0. The zero-order valence-electron chi connectivity index (χ0n) is 11.0. The summed E-state index contributed by atoms with van der Waals surface area (Å²) < 4.78 is 43.0. The third-order valence-corrected chi connectivity index (χ3v) is 2.67. The molecule has 1 aromatic carbocycles.